The van der Waals surface area contributed by atoms with Crippen molar-refractivity contribution in [2.24, 2.45) is 5.73 Å². The van der Waals surface area contributed by atoms with Crippen molar-refractivity contribution in [3.63, 3.8) is 0 Å². The zero-order valence-corrected chi connectivity index (χ0v) is 11.8. The second-order valence-corrected chi connectivity index (χ2v) is 6.13. The largest absolute Gasteiger partial charge is 0.398 e. The van der Waals surface area contributed by atoms with E-state index >= 15 is 0 Å². The first-order valence-electron chi connectivity index (χ1n) is 5.77. The van der Waals surface area contributed by atoms with Crippen molar-refractivity contribution < 1.29 is 28.5 Å². The summed E-state index contributed by atoms with van der Waals surface area (Å²) in [6.45, 7) is -2.46. The van der Waals surface area contributed by atoms with Crippen LogP contribution in [0, 0.1) is 0 Å². The number of primary amides is 1. The van der Waals surface area contributed by atoms with Crippen LogP contribution in [0.25, 0.3) is 0 Å². The Morgan fingerprint density at radius 2 is 1.71 bits per heavy atom. The summed E-state index contributed by atoms with van der Waals surface area (Å²) >= 11 is 0. The molecule has 118 valence electrons. The fraction of sp³-hybridized carbons (Fsp3) is 0.364. The Kier molecular flexibility index (Phi) is 5.25. The molecule has 1 aromatic carbocycles. The normalized spacial score (nSPS) is 12.3. The number of carbonyl (C=O) groups excluding carboxylic acids is 1. The van der Waals surface area contributed by atoms with Crippen LogP contribution in [-0.2, 0) is 10.0 Å². The first-order valence-corrected chi connectivity index (χ1v) is 7.25. The summed E-state index contributed by atoms with van der Waals surface area (Å²) in [7, 11) is -4.23. The highest BCUT2D eigenvalue weighted by molar-refractivity contribution is 7.89. The molecule has 1 rings (SSSR count). The van der Waals surface area contributed by atoms with Crippen LogP contribution in [-0.4, -0.2) is 55.0 Å². The molecule has 0 unspecified atom stereocenters. The van der Waals surface area contributed by atoms with Crippen LogP contribution in [0.4, 0.5) is 5.69 Å². The Morgan fingerprint density at radius 1 is 1.19 bits per heavy atom. The van der Waals surface area contributed by atoms with Crippen molar-refractivity contribution >= 4 is 21.6 Å². The molecule has 0 aromatic heterocycles. The number of anilines is 1. The minimum absolute atomic E-state index is 0.0317. The zero-order chi connectivity index (χ0) is 16.3. The first-order chi connectivity index (χ1) is 9.71. The summed E-state index contributed by atoms with van der Waals surface area (Å²) in [5, 5.41) is 27.4. The molecule has 10 heteroatoms. The van der Waals surface area contributed by atoms with Crippen molar-refractivity contribution in [3.8, 4) is 0 Å². The lowest BCUT2D eigenvalue weighted by Crippen LogP contribution is -2.56. The molecule has 0 spiro atoms. The molecule has 0 aliphatic heterocycles. The maximum absolute atomic E-state index is 12.2. The van der Waals surface area contributed by atoms with Crippen LogP contribution in [0.5, 0.6) is 0 Å². The van der Waals surface area contributed by atoms with Gasteiger partial charge in [0.1, 0.15) is 10.4 Å². The average molecular weight is 319 g/mol. The van der Waals surface area contributed by atoms with Gasteiger partial charge in [0.15, 0.2) is 0 Å². The first kappa shape index (κ1) is 17.3. The van der Waals surface area contributed by atoms with Crippen molar-refractivity contribution in [3.05, 3.63) is 23.8 Å². The summed E-state index contributed by atoms with van der Waals surface area (Å²) in [5.74, 6) is -0.769. The highest BCUT2D eigenvalue weighted by Crippen LogP contribution is 2.21. The van der Waals surface area contributed by atoms with Crippen LogP contribution < -0.4 is 16.2 Å². The fourth-order valence-electron chi connectivity index (χ4n) is 1.53. The molecule has 9 nitrogen and oxygen atoms in total. The number of amides is 1. The van der Waals surface area contributed by atoms with Gasteiger partial charge >= 0.3 is 0 Å². The van der Waals surface area contributed by atoms with Crippen molar-refractivity contribution in [2.45, 2.75) is 10.4 Å². The van der Waals surface area contributed by atoms with Gasteiger partial charge in [0.05, 0.1) is 25.5 Å². The predicted octanol–water partition coefficient (Wildman–Crippen LogP) is -2.64. The number of hydrogen-bond donors (Lipinski definition) is 6. The van der Waals surface area contributed by atoms with Gasteiger partial charge in [-0.15, -0.1) is 0 Å². The molecule has 1 amide bonds. The Balaban J connectivity index is 3.23. The topological polar surface area (TPSA) is 176 Å². The molecular weight excluding hydrogens is 302 g/mol. The summed E-state index contributed by atoms with van der Waals surface area (Å²) in [5.41, 5.74) is 8.59. The molecule has 0 fully saturated rings. The molecule has 0 saturated heterocycles. The van der Waals surface area contributed by atoms with Gasteiger partial charge in [0, 0.05) is 5.56 Å². The minimum Gasteiger partial charge on any atom is -0.398 e. The van der Waals surface area contributed by atoms with E-state index in [0.717, 1.165) is 12.1 Å². The van der Waals surface area contributed by atoms with Gasteiger partial charge in [-0.05, 0) is 18.2 Å². The number of aliphatic hydroxyl groups is 3. The molecule has 0 heterocycles. The lowest BCUT2D eigenvalue weighted by atomic mass is 10.1. The van der Waals surface area contributed by atoms with Crippen LogP contribution >= 0.6 is 0 Å². The number of nitrogens with two attached hydrogens (primary N) is 2. The number of sulfonamides is 1. The van der Waals surface area contributed by atoms with Gasteiger partial charge < -0.3 is 26.8 Å². The molecule has 0 aliphatic rings. The van der Waals surface area contributed by atoms with E-state index in [9.17, 15) is 13.2 Å². The fourth-order valence-corrected chi connectivity index (χ4v) is 3.02. The summed E-state index contributed by atoms with van der Waals surface area (Å²) in [6.07, 6.45) is 0. The molecule has 21 heavy (non-hydrogen) atoms. The van der Waals surface area contributed by atoms with Gasteiger partial charge in [-0.2, -0.15) is 4.72 Å². The maximum atomic E-state index is 12.2. The van der Waals surface area contributed by atoms with E-state index in [2.05, 4.69) is 0 Å². The summed E-state index contributed by atoms with van der Waals surface area (Å²) in [4.78, 5) is 10.6. The van der Waals surface area contributed by atoms with Gasteiger partial charge in [-0.25, -0.2) is 8.42 Å². The highest BCUT2D eigenvalue weighted by Gasteiger charge is 2.34. The van der Waals surface area contributed by atoms with Gasteiger partial charge in [0.25, 0.3) is 0 Å². The second-order valence-electron chi connectivity index (χ2n) is 4.48. The van der Waals surface area contributed by atoms with E-state index in [1.54, 1.807) is 0 Å². The van der Waals surface area contributed by atoms with Crippen LogP contribution in [0.3, 0.4) is 0 Å². The van der Waals surface area contributed by atoms with Crippen LogP contribution in [0.2, 0.25) is 0 Å². The van der Waals surface area contributed by atoms with E-state index in [-0.39, 0.29) is 16.1 Å². The number of carbonyl (C=O) groups is 1. The van der Waals surface area contributed by atoms with E-state index in [1.807, 2.05) is 4.72 Å². The maximum Gasteiger partial charge on any atom is 0.248 e. The van der Waals surface area contributed by atoms with E-state index in [4.69, 9.17) is 26.8 Å². The Morgan fingerprint density at radius 3 is 2.10 bits per heavy atom. The van der Waals surface area contributed by atoms with Gasteiger partial charge in [-0.1, -0.05) is 0 Å². The molecule has 8 N–H and O–H groups in total. The summed E-state index contributed by atoms with van der Waals surface area (Å²) in [6, 6.07) is 3.33. The number of benzene rings is 1. The number of nitrogens with one attached hydrogen (secondary N) is 1. The third kappa shape index (κ3) is 3.68. The van der Waals surface area contributed by atoms with Gasteiger partial charge in [0.2, 0.25) is 15.9 Å². The Bertz CT molecular complexity index is 619. The monoisotopic (exact) mass is 319 g/mol. The Labute approximate surface area is 121 Å². The third-order valence-electron chi connectivity index (χ3n) is 2.84. The molecule has 0 atom stereocenters. The van der Waals surface area contributed by atoms with Crippen molar-refractivity contribution in [1.82, 2.24) is 4.72 Å². The molecule has 1 aromatic rings. The smallest absolute Gasteiger partial charge is 0.248 e. The van der Waals surface area contributed by atoms with E-state index in [1.165, 1.54) is 6.07 Å². The van der Waals surface area contributed by atoms with Crippen molar-refractivity contribution in [1.29, 1.82) is 0 Å². The highest BCUT2D eigenvalue weighted by atomic mass is 32.2. The minimum atomic E-state index is -4.23. The zero-order valence-electron chi connectivity index (χ0n) is 11.0. The molecule has 0 bridgehead atoms. The van der Waals surface area contributed by atoms with E-state index < -0.39 is 41.3 Å². The molecule has 0 radical (unpaired) electrons. The quantitative estimate of drug-likeness (QED) is 0.297. The number of hydrogen-bond acceptors (Lipinski definition) is 7. The SMILES string of the molecule is NC(=O)c1ccc(S(=O)(=O)NC(CO)(CO)CO)c(N)c1. The second kappa shape index (κ2) is 6.37. The van der Waals surface area contributed by atoms with Crippen LogP contribution in [0.15, 0.2) is 23.1 Å². The van der Waals surface area contributed by atoms with Crippen molar-refractivity contribution in [2.75, 3.05) is 25.6 Å². The molecule has 0 aliphatic carbocycles. The van der Waals surface area contributed by atoms with E-state index in [0.29, 0.717) is 0 Å². The summed E-state index contributed by atoms with van der Waals surface area (Å²) < 4.78 is 26.4. The number of aliphatic hydroxyl groups excluding tert-OH is 3. The standard InChI is InChI=1S/C11H17N3O6S/c12-8-3-7(10(13)18)1-2-9(8)21(19,20)14-11(4-15,5-16)6-17/h1-3,14-17H,4-6,12H2,(H2,13,18). The Hall–Kier alpha value is -1.72. The lowest BCUT2D eigenvalue weighted by molar-refractivity contribution is 0.0582. The molecular formula is C11H17N3O6S. The number of rotatable bonds is 7. The predicted molar refractivity (Wildman–Crippen MR) is 73.7 cm³/mol. The van der Waals surface area contributed by atoms with Gasteiger partial charge in [-0.3, -0.25) is 4.79 Å². The van der Waals surface area contributed by atoms with Crippen LogP contribution in [0.1, 0.15) is 10.4 Å². The number of nitrogen functional groups attached to an aromatic ring is 1. The lowest BCUT2D eigenvalue weighted by Gasteiger charge is -2.28. The molecule has 0 saturated carbocycles. The third-order valence-corrected chi connectivity index (χ3v) is 4.50. The average Bonchev–Trinajstić information content (AvgIpc) is 2.44.